The van der Waals surface area contributed by atoms with Crippen LogP contribution < -0.4 is 10.6 Å². The van der Waals surface area contributed by atoms with Crippen molar-refractivity contribution in [1.82, 2.24) is 5.32 Å². The van der Waals surface area contributed by atoms with Gasteiger partial charge in [-0.15, -0.1) is 0 Å². The van der Waals surface area contributed by atoms with Crippen molar-refractivity contribution in [2.75, 3.05) is 5.32 Å². The first kappa shape index (κ1) is 20.5. The molecule has 0 spiro atoms. The molecule has 0 saturated heterocycles. The summed E-state index contributed by atoms with van der Waals surface area (Å²) in [5.41, 5.74) is 0.965. The quantitative estimate of drug-likeness (QED) is 0.619. The van der Waals surface area contributed by atoms with E-state index in [-0.39, 0.29) is 12.1 Å². The zero-order valence-electron chi connectivity index (χ0n) is 15.2. The fourth-order valence-corrected chi connectivity index (χ4v) is 2.84. The van der Waals surface area contributed by atoms with Gasteiger partial charge in [0.15, 0.2) is 0 Å². The van der Waals surface area contributed by atoms with Crippen molar-refractivity contribution in [3.8, 4) is 0 Å². The molecule has 2 N–H and O–H groups in total. The summed E-state index contributed by atoms with van der Waals surface area (Å²) in [5.74, 6) is -2.75. The van der Waals surface area contributed by atoms with Crippen LogP contribution in [-0.2, 0) is 11.2 Å². The average molecular weight is 415 g/mol. The highest BCUT2D eigenvalue weighted by atomic mass is 35.5. The molecule has 0 aliphatic rings. The lowest BCUT2D eigenvalue weighted by Gasteiger charge is -2.19. The number of amides is 2. The third kappa shape index (κ3) is 5.62. The van der Waals surface area contributed by atoms with E-state index in [9.17, 15) is 18.4 Å². The molecule has 0 aliphatic carbocycles. The van der Waals surface area contributed by atoms with Crippen LogP contribution in [0.1, 0.15) is 15.9 Å². The first-order chi connectivity index (χ1) is 13.9. The van der Waals surface area contributed by atoms with Crippen molar-refractivity contribution in [1.29, 1.82) is 0 Å². The molecule has 1 atom stereocenters. The third-order valence-electron chi connectivity index (χ3n) is 4.20. The summed E-state index contributed by atoms with van der Waals surface area (Å²) in [6.45, 7) is 0. The Morgan fingerprint density at radius 2 is 1.62 bits per heavy atom. The van der Waals surface area contributed by atoms with Gasteiger partial charge in [-0.3, -0.25) is 9.59 Å². The molecule has 0 aromatic heterocycles. The van der Waals surface area contributed by atoms with Crippen LogP contribution >= 0.6 is 11.6 Å². The van der Waals surface area contributed by atoms with Crippen LogP contribution in [0.3, 0.4) is 0 Å². The lowest BCUT2D eigenvalue weighted by molar-refractivity contribution is -0.118. The van der Waals surface area contributed by atoms with Crippen LogP contribution in [0.4, 0.5) is 14.5 Å². The summed E-state index contributed by atoms with van der Waals surface area (Å²) in [6, 6.07) is 17.1. The minimum atomic E-state index is -0.981. The SMILES string of the molecule is O=C(NC(Cc1ccccc1)C(=O)Nc1ccc(F)cc1F)c1ccc(Cl)cc1. The zero-order valence-corrected chi connectivity index (χ0v) is 15.9. The molecule has 29 heavy (non-hydrogen) atoms. The molecule has 0 aliphatic heterocycles. The molecule has 3 aromatic rings. The van der Waals surface area contributed by atoms with Crippen LogP contribution in [0.25, 0.3) is 0 Å². The molecule has 2 amide bonds. The second-order valence-electron chi connectivity index (χ2n) is 6.34. The van der Waals surface area contributed by atoms with Crippen LogP contribution in [-0.4, -0.2) is 17.9 Å². The molecule has 3 rings (SSSR count). The van der Waals surface area contributed by atoms with Gasteiger partial charge in [-0.2, -0.15) is 0 Å². The maximum Gasteiger partial charge on any atom is 0.251 e. The van der Waals surface area contributed by atoms with E-state index in [1.54, 1.807) is 12.1 Å². The maximum atomic E-state index is 13.9. The number of nitrogens with one attached hydrogen (secondary N) is 2. The van der Waals surface area contributed by atoms with Gasteiger partial charge in [-0.1, -0.05) is 41.9 Å². The molecular weight excluding hydrogens is 398 g/mol. The highest BCUT2D eigenvalue weighted by Crippen LogP contribution is 2.16. The molecule has 148 valence electrons. The number of carbonyl (C=O) groups excluding carboxylic acids is 2. The molecule has 0 radical (unpaired) electrons. The van der Waals surface area contributed by atoms with E-state index in [1.807, 2.05) is 30.3 Å². The molecule has 1 unspecified atom stereocenters. The first-order valence-electron chi connectivity index (χ1n) is 8.78. The molecule has 7 heteroatoms. The Labute approximate surface area is 171 Å². The highest BCUT2D eigenvalue weighted by molar-refractivity contribution is 6.30. The third-order valence-corrected chi connectivity index (χ3v) is 4.45. The van der Waals surface area contributed by atoms with Gasteiger partial charge < -0.3 is 10.6 Å². The van der Waals surface area contributed by atoms with E-state index in [0.717, 1.165) is 17.7 Å². The lowest BCUT2D eigenvalue weighted by Crippen LogP contribution is -2.45. The summed E-state index contributed by atoms with van der Waals surface area (Å²) in [4.78, 5) is 25.3. The Morgan fingerprint density at radius 1 is 0.931 bits per heavy atom. The van der Waals surface area contributed by atoms with Crippen molar-refractivity contribution >= 4 is 29.1 Å². The number of carbonyl (C=O) groups is 2. The van der Waals surface area contributed by atoms with Crippen molar-refractivity contribution in [2.24, 2.45) is 0 Å². The number of rotatable bonds is 6. The Morgan fingerprint density at radius 3 is 2.28 bits per heavy atom. The van der Waals surface area contributed by atoms with Crippen molar-refractivity contribution in [2.45, 2.75) is 12.5 Å². The number of benzene rings is 3. The van der Waals surface area contributed by atoms with Gasteiger partial charge in [-0.05, 0) is 42.0 Å². The largest absolute Gasteiger partial charge is 0.340 e. The Bertz CT molecular complexity index is 1010. The Hall–Kier alpha value is -3.25. The summed E-state index contributed by atoms with van der Waals surface area (Å²) >= 11 is 5.84. The van der Waals surface area contributed by atoms with Crippen molar-refractivity contribution in [3.63, 3.8) is 0 Å². The number of hydrogen-bond acceptors (Lipinski definition) is 2. The highest BCUT2D eigenvalue weighted by Gasteiger charge is 2.23. The summed E-state index contributed by atoms with van der Waals surface area (Å²) in [7, 11) is 0. The monoisotopic (exact) mass is 414 g/mol. The van der Waals surface area contributed by atoms with Gasteiger partial charge in [0.1, 0.15) is 17.7 Å². The average Bonchev–Trinajstić information content (AvgIpc) is 2.70. The molecule has 3 aromatic carbocycles. The minimum Gasteiger partial charge on any atom is -0.340 e. The van der Waals surface area contributed by atoms with Crippen LogP contribution in [0.5, 0.6) is 0 Å². The van der Waals surface area contributed by atoms with Gasteiger partial charge in [0, 0.05) is 23.1 Å². The standard InChI is InChI=1S/C22H17ClF2N2O2/c23-16-8-6-15(7-9-16)21(28)27-20(12-14-4-2-1-3-5-14)22(29)26-19-11-10-17(24)13-18(19)25/h1-11,13,20H,12H2,(H,26,29)(H,27,28). The molecule has 0 fully saturated rings. The van der Waals surface area contributed by atoms with Crippen molar-refractivity contribution < 1.29 is 18.4 Å². The number of halogens is 3. The van der Waals surface area contributed by atoms with E-state index in [4.69, 9.17) is 11.6 Å². The molecular formula is C22H17ClF2N2O2. The van der Waals surface area contributed by atoms with Gasteiger partial charge in [0.2, 0.25) is 5.91 Å². The summed E-state index contributed by atoms with van der Waals surface area (Å²) in [6.07, 6.45) is 0.189. The normalized spacial score (nSPS) is 11.6. The Kier molecular flexibility index (Phi) is 6.57. The second kappa shape index (κ2) is 9.30. The molecule has 0 bridgehead atoms. The van der Waals surface area contributed by atoms with E-state index in [1.165, 1.54) is 12.1 Å². The number of hydrogen-bond donors (Lipinski definition) is 2. The van der Waals surface area contributed by atoms with Crippen LogP contribution in [0, 0.1) is 11.6 Å². The van der Waals surface area contributed by atoms with Gasteiger partial charge in [-0.25, -0.2) is 8.78 Å². The van der Waals surface area contributed by atoms with E-state index in [0.29, 0.717) is 16.7 Å². The predicted molar refractivity (Wildman–Crippen MR) is 108 cm³/mol. The minimum absolute atomic E-state index is 0.171. The fourth-order valence-electron chi connectivity index (χ4n) is 2.71. The fraction of sp³-hybridized carbons (Fsp3) is 0.0909. The van der Waals surface area contributed by atoms with Gasteiger partial charge in [0.05, 0.1) is 5.69 Å². The summed E-state index contributed by atoms with van der Waals surface area (Å²) in [5, 5.41) is 5.55. The summed E-state index contributed by atoms with van der Waals surface area (Å²) < 4.78 is 27.0. The first-order valence-corrected chi connectivity index (χ1v) is 9.16. The lowest BCUT2D eigenvalue weighted by atomic mass is 10.0. The van der Waals surface area contributed by atoms with E-state index in [2.05, 4.69) is 10.6 Å². The van der Waals surface area contributed by atoms with E-state index < -0.39 is 29.5 Å². The van der Waals surface area contributed by atoms with Crippen LogP contribution in [0.15, 0.2) is 72.8 Å². The van der Waals surface area contributed by atoms with E-state index >= 15 is 0 Å². The Balaban J connectivity index is 1.80. The van der Waals surface area contributed by atoms with Crippen LogP contribution in [0.2, 0.25) is 5.02 Å². The predicted octanol–water partition coefficient (Wildman–Crippen LogP) is 4.60. The van der Waals surface area contributed by atoms with Gasteiger partial charge >= 0.3 is 0 Å². The zero-order chi connectivity index (χ0) is 20.8. The number of anilines is 1. The maximum absolute atomic E-state index is 13.9. The van der Waals surface area contributed by atoms with Crippen molar-refractivity contribution in [3.05, 3.63) is 101 Å². The molecule has 0 saturated carbocycles. The second-order valence-corrected chi connectivity index (χ2v) is 6.77. The molecule has 4 nitrogen and oxygen atoms in total. The topological polar surface area (TPSA) is 58.2 Å². The molecule has 0 heterocycles. The van der Waals surface area contributed by atoms with Gasteiger partial charge in [0.25, 0.3) is 5.91 Å². The smallest absolute Gasteiger partial charge is 0.251 e.